The maximum absolute atomic E-state index is 12.0. The van der Waals surface area contributed by atoms with Gasteiger partial charge in [-0.1, -0.05) is 6.92 Å². The number of aromatic nitrogens is 1. The van der Waals surface area contributed by atoms with E-state index >= 15 is 0 Å². The normalized spacial score (nSPS) is 13.3. The summed E-state index contributed by atoms with van der Waals surface area (Å²) < 4.78 is 10.7. The Hall–Kier alpha value is -0.940. The van der Waals surface area contributed by atoms with E-state index in [1.807, 2.05) is 33.1 Å². The second-order valence-corrected chi connectivity index (χ2v) is 5.66. The van der Waals surface area contributed by atoms with Gasteiger partial charge in [0.05, 0.1) is 12.3 Å². The van der Waals surface area contributed by atoms with Crippen LogP contribution in [0.5, 0.6) is 0 Å². The fourth-order valence-corrected chi connectivity index (χ4v) is 2.82. The Balaban J connectivity index is 2.91. The second-order valence-electron chi connectivity index (χ2n) is 4.77. The Morgan fingerprint density at radius 1 is 1.37 bits per heavy atom. The van der Waals surface area contributed by atoms with E-state index in [1.54, 1.807) is 11.3 Å². The van der Waals surface area contributed by atoms with Gasteiger partial charge in [0.1, 0.15) is 16.5 Å². The minimum Gasteiger partial charge on any atom is -0.465 e. The van der Waals surface area contributed by atoms with Crippen LogP contribution < -0.4 is 0 Å². The molecule has 1 aromatic rings. The number of thiazole rings is 1. The molecule has 108 valence electrons. The third-order valence-corrected chi connectivity index (χ3v) is 3.90. The highest BCUT2D eigenvalue weighted by molar-refractivity contribution is 7.09. The van der Waals surface area contributed by atoms with Crippen LogP contribution in [0.4, 0.5) is 0 Å². The predicted molar refractivity (Wildman–Crippen MR) is 76.4 cm³/mol. The molecule has 1 aromatic heterocycles. The molecule has 1 heterocycles. The van der Waals surface area contributed by atoms with Gasteiger partial charge in [-0.25, -0.2) is 4.98 Å². The molecule has 0 amide bonds. The molecule has 0 aliphatic rings. The minimum atomic E-state index is -0.713. The lowest BCUT2D eigenvalue weighted by Crippen LogP contribution is -2.31. The molecule has 1 atom stereocenters. The van der Waals surface area contributed by atoms with E-state index in [4.69, 9.17) is 9.47 Å². The first-order chi connectivity index (χ1) is 8.97. The maximum Gasteiger partial charge on any atom is 0.317 e. The molecule has 1 rings (SSSR count). The van der Waals surface area contributed by atoms with Gasteiger partial charge in [-0.2, -0.15) is 0 Å². The van der Waals surface area contributed by atoms with Crippen LogP contribution in [0, 0.1) is 0 Å². The Morgan fingerprint density at radius 3 is 2.58 bits per heavy atom. The van der Waals surface area contributed by atoms with Gasteiger partial charge in [0.2, 0.25) is 0 Å². The largest absolute Gasteiger partial charge is 0.465 e. The zero-order valence-corrected chi connectivity index (χ0v) is 13.2. The van der Waals surface area contributed by atoms with Gasteiger partial charge in [-0.3, -0.25) is 4.79 Å². The van der Waals surface area contributed by atoms with Crippen LogP contribution in [0.15, 0.2) is 5.38 Å². The van der Waals surface area contributed by atoms with Gasteiger partial charge >= 0.3 is 5.97 Å². The highest BCUT2D eigenvalue weighted by atomic mass is 32.1. The second kappa shape index (κ2) is 7.01. The van der Waals surface area contributed by atoms with Crippen LogP contribution in [0.25, 0.3) is 0 Å². The summed E-state index contributed by atoms with van der Waals surface area (Å²) >= 11 is 1.54. The Morgan fingerprint density at radius 2 is 2.05 bits per heavy atom. The lowest BCUT2D eigenvalue weighted by atomic mass is 9.90. The van der Waals surface area contributed by atoms with E-state index in [-0.39, 0.29) is 12.1 Å². The topological polar surface area (TPSA) is 48.4 Å². The zero-order valence-electron chi connectivity index (χ0n) is 12.4. The lowest BCUT2D eigenvalue weighted by Gasteiger charge is -2.20. The van der Waals surface area contributed by atoms with Crippen molar-refractivity contribution in [3.8, 4) is 0 Å². The van der Waals surface area contributed by atoms with Gasteiger partial charge < -0.3 is 9.47 Å². The van der Waals surface area contributed by atoms with Crippen molar-refractivity contribution in [3.63, 3.8) is 0 Å². The van der Waals surface area contributed by atoms with Crippen molar-refractivity contribution in [2.75, 3.05) is 13.2 Å². The first kappa shape index (κ1) is 16.1. The van der Waals surface area contributed by atoms with Crippen LogP contribution in [-0.4, -0.2) is 24.2 Å². The summed E-state index contributed by atoms with van der Waals surface area (Å²) in [5.74, 6) is -0.240. The van der Waals surface area contributed by atoms with E-state index < -0.39 is 5.41 Å². The van der Waals surface area contributed by atoms with Crippen molar-refractivity contribution >= 4 is 17.3 Å². The molecule has 0 saturated carbocycles. The van der Waals surface area contributed by atoms with E-state index in [0.29, 0.717) is 13.2 Å². The van der Waals surface area contributed by atoms with Crippen molar-refractivity contribution in [3.05, 3.63) is 16.1 Å². The highest BCUT2D eigenvalue weighted by Crippen LogP contribution is 2.31. The molecule has 0 spiro atoms. The number of hydrogen-bond acceptors (Lipinski definition) is 5. The molecule has 0 saturated heterocycles. The van der Waals surface area contributed by atoms with Gasteiger partial charge in [0, 0.05) is 12.0 Å². The molecule has 0 radical (unpaired) electrons. The van der Waals surface area contributed by atoms with Gasteiger partial charge in [-0.05, 0) is 34.1 Å². The summed E-state index contributed by atoms with van der Waals surface area (Å²) in [5.41, 5.74) is 0.0408. The lowest BCUT2D eigenvalue weighted by molar-refractivity contribution is -0.148. The highest BCUT2D eigenvalue weighted by Gasteiger charge is 2.34. The third kappa shape index (κ3) is 3.76. The number of ether oxygens (including phenoxy) is 2. The Labute approximate surface area is 119 Å². The smallest absolute Gasteiger partial charge is 0.317 e. The molecular weight excluding hydrogens is 262 g/mol. The number of hydrogen-bond donors (Lipinski definition) is 0. The first-order valence-corrected chi connectivity index (χ1v) is 7.59. The molecule has 0 N–H and O–H groups in total. The summed E-state index contributed by atoms with van der Waals surface area (Å²) in [6.07, 6.45) is 0.891. The summed E-state index contributed by atoms with van der Waals surface area (Å²) in [7, 11) is 0. The van der Waals surface area contributed by atoms with Gasteiger partial charge in [-0.15, -0.1) is 11.3 Å². The third-order valence-electron chi connectivity index (χ3n) is 2.96. The fourth-order valence-electron chi connectivity index (χ4n) is 1.70. The summed E-state index contributed by atoms with van der Waals surface area (Å²) in [5, 5.41) is 2.85. The van der Waals surface area contributed by atoms with Crippen molar-refractivity contribution in [2.45, 2.75) is 52.6 Å². The molecule has 0 aromatic carbocycles. The maximum atomic E-state index is 12.0. The molecule has 1 unspecified atom stereocenters. The van der Waals surface area contributed by atoms with Crippen LogP contribution >= 0.6 is 11.3 Å². The molecule has 0 bridgehead atoms. The molecule has 19 heavy (non-hydrogen) atoms. The van der Waals surface area contributed by atoms with Crippen molar-refractivity contribution in [1.82, 2.24) is 4.98 Å². The monoisotopic (exact) mass is 285 g/mol. The van der Waals surface area contributed by atoms with Crippen LogP contribution in [-0.2, 0) is 19.7 Å². The van der Waals surface area contributed by atoms with E-state index in [2.05, 4.69) is 11.9 Å². The fraction of sp³-hybridized carbons (Fsp3) is 0.714. The molecule has 5 heteroatoms. The summed E-state index contributed by atoms with van der Waals surface area (Å²) in [4.78, 5) is 16.5. The molecular formula is C14H23NO3S. The molecule has 4 nitrogen and oxygen atoms in total. The number of esters is 1. The molecule has 0 aliphatic heterocycles. The SMILES string of the molecule is CCOC(=O)C(C)(C)c1csc(C(CC)OCC)n1. The average molecular weight is 285 g/mol. The van der Waals surface area contributed by atoms with E-state index in [1.165, 1.54) is 0 Å². The quantitative estimate of drug-likeness (QED) is 0.720. The Kier molecular flexibility index (Phi) is 5.94. The summed E-state index contributed by atoms with van der Waals surface area (Å²) in [6, 6.07) is 0. The molecule has 0 fully saturated rings. The van der Waals surface area contributed by atoms with Gasteiger partial charge in [0.15, 0.2) is 0 Å². The van der Waals surface area contributed by atoms with Crippen LogP contribution in [0.3, 0.4) is 0 Å². The Bertz CT molecular complexity index is 415. The van der Waals surface area contributed by atoms with Crippen LogP contribution in [0.2, 0.25) is 0 Å². The van der Waals surface area contributed by atoms with Gasteiger partial charge in [0.25, 0.3) is 0 Å². The molecule has 0 aliphatic carbocycles. The van der Waals surface area contributed by atoms with Crippen molar-refractivity contribution in [2.24, 2.45) is 0 Å². The predicted octanol–water partition coefficient (Wildman–Crippen LogP) is 3.47. The first-order valence-electron chi connectivity index (χ1n) is 6.72. The number of nitrogens with zero attached hydrogens (tertiary/aromatic N) is 1. The minimum absolute atomic E-state index is 0.0155. The standard InChI is InChI=1S/C14H23NO3S/c1-6-10(17-7-2)12-15-11(9-19-12)14(4,5)13(16)18-8-3/h9-10H,6-8H2,1-5H3. The number of carbonyl (C=O) groups excluding carboxylic acids is 1. The summed E-state index contributed by atoms with van der Waals surface area (Å²) in [6.45, 7) is 10.6. The van der Waals surface area contributed by atoms with E-state index in [9.17, 15) is 4.79 Å². The average Bonchev–Trinajstić information content (AvgIpc) is 2.86. The number of rotatable bonds is 7. The van der Waals surface area contributed by atoms with Crippen LogP contribution in [0.1, 0.15) is 57.8 Å². The van der Waals surface area contributed by atoms with Crippen molar-refractivity contribution < 1.29 is 14.3 Å². The van der Waals surface area contributed by atoms with Crippen molar-refractivity contribution in [1.29, 1.82) is 0 Å². The number of carbonyl (C=O) groups is 1. The van der Waals surface area contributed by atoms with E-state index in [0.717, 1.165) is 17.1 Å². The zero-order chi connectivity index (χ0) is 14.5.